The third-order valence-corrected chi connectivity index (χ3v) is 4.40. The molecule has 2 aromatic heterocycles. The van der Waals surface area contributed by atoms with Crippen LogP contribution < -0.4 is 5.32 Å². The Bertz CT molecular complexity index is 651. The predicted molar refractivity (Wildman–Crippen MR) is 81.8 cm³/mol. The minimum absolute atomic E-state index is 0.0946. The first-order chi connectivity index (χ1) is 10.8. The second-order valence-electron chi connectivity index (χ2n) is 5.20. The summed E-state index contributed by atoms with van der Waals surface area (Å²) >= 11 is 1.16. The molecule has 0 spiro atoms. The standard InChI is InChI=1S/C14H19N5O2S/c1-2-3-11-13(22-18-17-11)14(20)15-5-6-19-12-4-7-21-9-10(12)8-16-19/h8H,2-7,9H2,1H3,(H,15,20). The van der Waals surface area contributed by atoms with Gasteiger partial charge in [0, 0.05) is 24.2 Å². The molecule has 1 aliphatic heterocycles. The summed E-state index contributed by atoms with van der Waals surface area (Å²) in [6.45, 7) is 4.63. The second-order valence-corrected chi connectivity index (χ2v) is 5.95. The van der Waals surface area contributed by atoms with E-state index in [1.807, 2.05) is 10.9 Å². The van der Waals surface area contributed by atoms with Gasteiger partial charge in [-0.15, -0.1) is 5.10 Å². The SMILES string of the molecule is CCCc1nnsc1C(=O)NCCn1ncc2c1CCOC2. The third kappa shape index (κ3) is 3.17. The molecule has 2 aromatic rings. The average Bonchev–Trinajstić information content (AvgIpc) is 3.15. The Morgan fingerprint density at radius 1 is 1.55 bits per heavy atom. The van der Waals surface area contributed by atoms with Gasteiger partial charge in [0.05, 0.1) is 31.6 Å². The number of rotatable bonds is 6. The van der Waals surface area contributed by atoms with Crippen molar-refractivity contribution in [3.8, 4) is 0 Å². The summed E-state index contributed by atoms with van der Waals surface area (Å²) in [6, 6.07) is 0. The first-order valence-corrected chi connectivity index (χ1v) is 8.27. The van der Waals surface area contributed by atoms with Crippen LogP contribution in [0, 0.1) is 0 Å². The number of carbonyl (C=O) groups excluding carboxylic acids is 1. The van der Waals surface area contributed by atoms with E-state index in [4.69, 9.17) is 4.74 Å². The Morgan fingerprint density at radius 3 is 3.32 bits per heavy atom. The second kappa shape index (κ2) is 6.97. The van der Waals surface area contributed by atoms with Crippen molar-refractivity contribution in [1.82, 2.24) is 24.7 Å². The summed E-state index contributed by atoms with van der Waals surface area (Å²) in [5.41, 5.74) is 3.15. The third-order valence-electron chi connectivity index (χ3n) is 3.63. The van der Waals surface area contributed by atoms with E-state index in [1.165, 1.54) is 5.69 Å². The van der Waals surface area contributed by atoms with Crippen molar-refractivity contribution in [2.45, 2.75) is 39.3 Å². The minimum Gasteiger partial charge on any atom is -0.376 e. The Kier molecular flexibility index (Phi) is 4.79. The van der Waals surface area contributed by atoms with Gasteiger partial charge in [0.1, 0.15) is 4.88 Å². The van der Waals surface area contributed by atoms with Crippen LogP contribution in [-0.4, -0.2) is 38.4 Å². The molecule has 3 heterocycles. The maximum Gasteiger partial charge on any atom is 0.265 e. The van der Waals surface area contributed by atoms with Crippen molar-refractivity contribution < 1.29 is 9.53 Å². The molecule has 1 aliphatic rings. The van der Waals surface area contributed by atoms with Crippen LogP contribution in [0.4, 0.5) is 0 Å². The van der Waals surface area contributed by atoms with Gasteiger partial charge in [-0.3, -0.25) is 9.48 Å². The molecule has 0 saturated carbocycles. The molecule has 118 valence electrons. The quantitative estimate of drug-likeness (QED) is 0.864. The number of hydrogen-bond acceptors (Lipinski definition) is 6. The van der Waals surface area contributed by atoms with E-state index in [-0.39, 0.29) is 5.91 Å². The number of aromatic nitrogens is 4. The minimum atomic E-state index is -0.0946. The van der Waals surface area contributed by atoms with E-state index in [2.05, 4.69) is 26.9 Å². The van der Waals surface area contributed by atoms with Gasteiger partial charge in [-0.2, -0.15) is 5.10 Å². The van der Waals surface area contributed by atoms with E-state index in [0.29, 0.717) is 24.6 Å². The van der Waals surface area contributed by atoms with E-state index in [9.17, 15) is 4.79 Å². The van der Waals surface area contributed by atoms with Crippen molar-refractivity contribution >= 4 is 17.4 Å². The molecule has 1 amide bonds. The van der Waals surface area contributed by atoms with E-state index in [0.717, 1.165) is 48.7 Å². The Labute approximate surface area is 132 Å². The van der Waals surface area contributed by atoms with Gasteiger partial charge < -0.3 is 10.1 Å². The largest absolute Gasteiger partial charge is 0.376 e. The number of nitrogens with zero attached hydrogens (tertiary/aromatic N) is 4. The maximum atomic E-state index is 12.2. The fraction of sp³-hybridized carbons (Fsp3) is 0.571. The highest BCUT2D eigenvalue weighted by molar-refractivity contribution is 7.08. The molecular formula is C14H19N5O2S. The Hall–Kier alpha value is -1.80. The lowest BCUT2D eigenvalue weighted by molar-refractivity contribution is 0.0953. The summed E-state index contributed by atoms with van der Waals surface area (Å²) in [7, 11) is 0. The monoisotopic (exact) mass is 321 g/mol. The van der Waals surface area contributed by atoms with Crippen molar-refractivity contribution in [1.29, 1.82) is 0 Å². The number of fused-ring (bicyclic) bond motifs is 1. The van der Waals surface area contributed by atoms with Gasteiger partial charge in [-0.05, 0) is 18.0 Å². The molecule has 0 unspecified atom stereocenters. The number of hydrogen-bond donors (Lipinski definition) is 1. The van der Waals surface area contributed by atoms with Crippen LogP contribution in [0.1, 0.15) is 40.0 Å². The van der Waals surface area contributed by atoms with Crippen LogP contribution >= 0.6 is 11.5 Å². The van der Waals surface area contributed by atoms with Crippen LogP contribution in [0.5, 0.6) is 0 Å². The van der Waals surface area contributed by atoms with Crippen molar-refractivity contribution in [2.24, 2.45) is 0 Å². The van der Waals surface area contributed by atoms with Gasteiger partial charge in [-0.25, -0.2) is 0 Å². The molecule has 0 bridgehead atoms. The number of aryl methyl sites for hydroxylation is 1. The summed E-state index contributed by atoms with van der Waals surface area (Å²) < 4.78 is 11.2. The average molecular weight is 321 g/mol. The number of nitrogens with one attached hydrogen (secondary N) is 1. The summed E-state index contributed by atoms with van der Waals surface area (Å²) in [4.78, 5) is 12.8. The lowest BCUT2D eigenvalue weighted by Crippen LogP contribution is -2.28. The van der Waals surface area contributed by atoms with Gasteiger partial charge in [0.2, 0.25) is 0 Å². The number of ether oxygens (including phenoxy) is 1. The van der Waals surface area contributed by atoms with Gasteiger partial charge in [0.25, 0.3) is 5.91 Å². The fourth-order valence-corrected chi connectivity index (χ4v) is 3.16. The van der Waals surface area contributed by atoms with Crippen molar-refractivity contribution in [2.75, 3.05) is 13.2 Å². The Morgan fingerprint density at radius 2 is 2.45 bits per heavy atom. The molecule has 0 aliphatic carbocycles. The van der Waals surface area contributed by atoms with Crippen LogP contribution in [0.3, 0.4) is 0 Å². The molecule has 0 fully saturated rings. The molecule has 8 heteroatoms. The van der Waals surface area contributed by atoms with Gasteiger partial charge in [-0.1, -0.05) is 17.8 Å². The van der Waals surface area contributed by atoms with Crippen LogP contribution in [-0.2, 0) is 30.7 Å². The molecule has 3 rings (SSSR count). The summed E-state index contributed by atoms with van der Waals surface area (Å²) in [5, 5.41) is 11.3. The zero-order valence-corrected chi connectivity index (χ0v) is 13.4. The fourth-order valence-electron chi connectivity index (χ4n) is 2.54. The highest BCUT2D eigenvalue weighted by Crippen LogP contribution is 2.16. The molecule has 0 saturated heterocycles. The predicted octanol–water partition coefficient (Wildman–Crippen LogP) is 1.19. The lowest BCUT2D eigenvalue weighted by Gasteiger charge is -2.14. The molecular weight excluding hydrogens is 302 g/mol. The van der Waals surface area contributed by atoms with Gasteiger partial charge >= 0.3 is 0 Å². The lowest BCUT2D eigenvalue weighted by atomic mass is 10.2. The molecule has 0 radical (unpaired) electrons. The first-order valence-electron chi connectivity index (χ1n) is 7.50. The smallest absolute Gasteiger partial charge is 0.265 e. The number of amides is 1. The maximum absolute atomic E-state index is 12.2. The highest BCUT2D eigenvalue weighted by Gasteiger charge is 2.17. The van der Waals surface area contributed by atoms with E-state index >= 15 is 0 Å². The van der Waals surface area contributed by atoms with Crippen LogP contribution in [0.2, 0.25) is 0 Å². The van der Waals surface area contributed by atoms with E-state index < -0.39 is 0 Å². The molecule has 1 N–H and O–H groups in total. The summed E-state index contributed by atoms with van der Waals surface area (Å²) in [5.74, 6) is -0.0946. The molecule has 7 nitrogen and oxygen atoms in total. The highest BCUT2D eigenvalue weighted by atomic mass is 32.1. The number of carbonyl (C=O) groups is 1. The zero-order chi connectivity index (χ0) is 15.4. The first kappa shape index (κ1) is 15.1. The topological polar surface area (TPSA) is 81.9 Å². The molecule has 0 atom stereocenters. The van der Waals surface area contributed by atoms with Gasteiger partial charge in [0.15, 0.2) is 0 Å². The summed E-state index contributed by atoms with van der Waals surface area (Å²) in [6.07, 6.45) is 4.46. The normalized spacial score (nSPS) is 13.9. The van der Waals surface area contributed by atoms with Crippen molar-refractivity contribution in [3.63, 3.8) is 0 Å². The van der Waals surface area contributed by atoms with Crippen LogP contribution in [0.25, 0.3) is 0 Å². The Balaban J connectivity index is 1.55. The molecule has 0 aromatic carbocycles. The van der Waals surface area contributed by atoms with E-state index in [1.54, 1.807) is 0 Å². The molecule has 22 heavy (non-hydrogen) atoms. The van der Waals surface area contributed by atoms with Crippen molar-refractivity contribution in [3.05, 3.63) is 28.0 Å². The zero-order valence-electron chi connectivity index (χ0n) is 12.5. The van der Waals surface area contributed by atoms with Crippen LogP contribution in [0.15, 0.2) is 6.20 Å².